The van der Waals surface area contributed by atoms with Crippen molar-refractivity contribution < 1.29 is 14.3 Å². The van der Waals surface area contributed by atoms with Crippen LogP contribution in [0.3, 0.4) is 0 Å². The molecule has 2 N–H and O–H groups in total. The molecule has 0 saturated carbocycles. The molecule has 1 saturated heterocycles. The van der Waals surface area contributed by atoms with Crippen molar-refractivity contribution in [1.82, 2.24) is 10.6 Å². The number of amides is 1. The SMILES string of the molecule is CCC1(CNC(=O)CCOC)CNCCO1. The lowest BCUT2D eigenvalue weighted by molar-refractivity contribution is -0.125. The van der Waals surface area contributed by atoms with Crippen LogP contribution in [0.15, 0.2) is 0 Å². The molecule has 0 aromatic rings. The Morgan fingerprint density at radius 2 is 2.44 bits per heavy atom. The lowest BCUT2D eigenvalue weighted by Gasteiger charge is -2.37. The number of rotatable bonds is 6. The van der Waals surface area contributed by atoms with E-state index in [4.69, 9.17) is 9.47 Å². The predicted octanol–water partition coefficient (Wildman–Crippen LogP) is -0.0923. The maximum atomic E-state index is 11.4. The predicted molar refractivity (Wildman–Crippen MR) is 61.3 cm³/mol. The first kappa shape index (κ1) is 13.4. The van der Waals surface area contributed by atoms with Crippen molar-refractivity contribution in [2.24, 2.45) is 0 Å². The molecule has 1 fully saturated rings. The van der Waals surface area contributed by atoms with Gasteiger partial charge in [0.25, 0.3) is 0 Å². The van der Waals surface area contributed by atoms with Crippen LogP contribution in [0, 0.1) is 0 Å². The summed E-state index contributed by atoms with van der Waals surface area (Å²) in [5.41, 5.74) is -0.235. The fourth-order valence-electron chi connectivity index (χ4n) is 1.72. The van der Waals surface area contributed by atoms with E-state index in [0.717, 1.165) is 19.5 Å². The van der Waals surface area contributed by atoms with Crippen LogP contribution < -0.4 is 10.6 Å². The van der Waals surface area contributed by atoms with Crippen molar-refractivity contribution in [3.8, 4) is 0 Å². The second-order valence-corrected chi connectivity index (χ2v) is 4.08. The highest BCUT2D eigenvalue weighted by molar-refractivity contribution is 5.76. The molecule has 1 rings (SSSR count). The quantitative estimate of drug-likeness (QED) is 0.669. The zero-order valence-electron chi connectivity index (χ0n) is 10.2. The molecule has 0 bridgehead atoms. The van der Waals surface area contributed by atoms with Crippen molar-refractivity contribution in [3.63, 3.8) is 0 Å². The first-order chi connectivity index (χ1) is 7.72. The van der Waals surface area contributed by atoms with E-state index in [-0.39, 0.29) is 11.5 Å². The van der Waals surface area contributed by atoms with Crippen LogP contribution in [0.25, 0.3) is 0 Å². The number of morpholine rings is 1. The number of nitrogens with one attached hydrogen (secondary N) is 2. The lowest BCUT2D eigenvalue weighted by Crippen LogP contribution is -2.55. The molecule has 0 spiro atoms. The van der Waals surface area contributed by atoms with Gasteiger partial charge in [-0.15, -0.1) is 0 Å². The monoisotopic (exact) mass is 230 g/mol. The molecule has 1 aliphatic rings. The third kappa shape index (κ3) is 4.08. The van der Waals surface area contributed by atoms with E-state index in [2.05, 4.69) is 17.6 Å². The summed E-state index contributed by atoms with van der Waals surface area (Å²) in [5, 5.41) is 6.19. The van der Waals surface area contributed by atoms with Gasteiger partial charge in [-0.1, -0.05) is 6.92 Å². The molecule has 1 unspecified atom stereocenters. The fourth-order valence-corrected chi connectivity index (χ4v) is 1.72. The molecular formula is C11H22N2O3. The van der Waals surface area contributed by atoms with Crippen molar-refractivity contribution in [3.05, 3.63) is 0 Å². The second-order valence-electron chi connectivity index (χ2n) is 4.08. The lowest BCUT2D eigenvalue weighted by atomic mass is 9.99. The van der Waals surface area contributed by atoms with E-state index < -0.39 is 0 Å². The van der Waals surface area contributed by atoms with Crippen molar-refractivity contribution in [2.75, 3.05) is 40.0 Å². The summed E-state index contributed by atoms with van der Waals surface area (Å²) in [6.07, 6.45) is 1.30. The Kier molecular flexibility index (Phi) is 5.73. The van der Waals surface area contributed by atoms with Crippen LogP contribution in [0.4, 0.5) is 0 Å². The Morgan fingerprint density at radius 3 is 3.00 bits per heavy atom. The summed E-state index contributed by atoms with van der Waals surface area (Å²) in [6.45, 7) is 5.51. The zero-order chi connectivity index (χ0) is 11.9. The summed E-state index contributed by atoms with van der Waals surface area (Å²) >= 11 is 0. The summed E-state index contributed by atoms with van der Waals surface area (Å²) in [6, 6.07) is 0. The molecule has 16 heavy (non-hydrogen) atoms. The molecule has 1 aliphatic heterocycles. The van der Waals surface area contributed by atoms with Gasteiger partial charge in [-0.05, 0) is 6.42 Å². The summed E-state index contributed by atoms with van der Waals surface area (Å²) < 4.78 is 10.6. The Morgan fingerprint density at radius 1 is 1.62 bits per heavy atom. The third-order valence-corrected chi connectivity index (χ3v) is 2.92. The highest BCUT2D eigenvalue weighted by Crippen LogP contribution is 2.16. The Balaban J connectivity index is 2.30. The van der Waals surface area contributed by atoms with Gasteiger partial charge in [0.05, 0.1) is 18.8 Å². The molecular weight excluding hydrogens is 208 g/mol. The van der Waals surface area contributed by atoms with Crippen LogP contribution >= 0.6 is 0 Å². The van der Waals surface area contributed by atoms with Crippen LogP contribution in [0.5, 0.6) is 0 Å². The van der Waals surface area contributed by atoms with Gasteiger partial charge >= 0.3 is 0 Å². The van der Waals surface area contributed by atoms with Crippen LogP contribution in [0.1, 0.15) is 19.8 Å². The van der Waals surface area contributed by atoms with E-state index in [1.807, 2.05) is 0 Å². The second kappa shape index (κ2) is 6.83. The maximum Gasteiger partial charge on any atom is 0.222 e. The molecule has 0 aliphatic carbocycles. The Hall–Kier alpha value is -0.650. The number of hydrogen-bond donors (Lipinski definition) is 2. The van der Waals surface area contributed by atoms with Crippen molar-refractivity contribution in [2.45, 2.75) is 25.4 Å². The van der Waals surface area contributed by atoms with E-state index >= 15 is 0 Å². The Labute approximate surface area is 96.9 Å². The number of hydrogen-bond acceptors (Lipinski definition) is 4. The van der Waals surface area contributed by atoms with Gasteiger partial charge in [0.15, 0.2) is 0 Å². The van der Waals surface area contributed by atoms with E-state index in [1.165, 1.54) is 0 Å². The maximum absolute atomic E-state index is 11.4. The molecule has 1 atom stereocenters. The number of carbonyl (C=O) groups excluding carboxylic acids is 1. The largest absolute Gasteiger partial charge is 0.384 e. The first-order valence-corrected chi connectivity index (χ1v) is 5.83. The van der Waals surface area contributed by atoms with Gasteiger partial charge in [0, 0.05) is 33.2 Å². The average Bonchev–Trinajstić information content (AvgIpc) is 2.35. The molecule has 0 radical (unpaired) electrons. The minimum Gasteiger partial charge on any atom is -0.384 e. The fraction of sp³-hybridized carbons (Fsp3) is 0.909. The van der Waals surface area contributed by atoms with E-state index in [1.54, 1.807) is 7.11 Å². The van der Waals surface area contributed by atoms with Crippen LogP contribution in [-0.4, -0.2) is 51.5 Å². The minimum atomic E-state index is -0.235. The molecule has 0 aromatic heterocycles. The molecule has 5 heteroatoms. The summed E-state index contributed by atoms with van der Waals surface area (Å²) in [5.74, 6) is 0.0175. The van der Waals surface area contributed by atoms with Crippen molar-refractivity contribution >= 4 is 5.91 Å². The average molecular weight is 230 g/mol. The molecule has 5 nitrogen and oxygen atoms in total. The normalized spacial score (nSPS) is 25.4. The van der Waals surface area contributed by atoms with E-state index in [0.29, 0.717) is 26.2 Å². The molecule has 1 heterocycles. The summed E-state index contributed by atoms with van der Waals surface area (Å²) in [4.78, 5) is 11.4. The zero-order valence-corrected chi connectivity index (χ0v) is 10.2. The number of methoxy groups -OCH3 is 1. The topological polar surface area (TPSA) is 59.6 Å². The highest BCUT2D eigenvalue weighted by atomic mass is 16.5. The summed E-state index contributed by atoms with van der Waals surface area (Å²) in [7, 11) is 1.59. The molecule has 1 amide bonds. The smallest absolute Gasteiger partial charge is 0.222 e. The first-order valence-electron chi connectivity index (χ1n) is 5.83. The van der Waals surface area contributed by atoms with Gasteiger partial charge < -0.3 is 20.1 Å². The van der Waals surface area contributed by atoms with E-state index in [9.17, 15) is 4.79 Å². The third-order valence-electron chi connectivity index (χ3n) is 2.92. The standard InChI is InChI=1S/C11H22N2O3/c1-3-11(8-12-5-7-16-11)9-13-10(14)4-6-15-2/h12H,3-9H2,1-2H3,(H,13,14). The van der Waals surface area contributed by atoms with Gasteiger partial charge in [0.2, 0.25) is 5.91 Å². The van der Waals surface area contributed by atoms with Gasteiger partial charge in [-0.2, -0.15) is 0 Å². The molecule has 0 aromatic carbocycles. The van der Waals surface area contributed by atoms with Gasteiger partial charge in [-0.3, -0.25) is 4.79 Å². The number of ether oxygens (including phenoxy) is 2. The van der Waals surface area contributed by atoms with Crippen LogP contribution in [0.2, 0.25) is 0 Å². The van der Waals surface area contributed by atoms with Gasteiger partial charge in [0.1, 0.15) is 0 Å². The molecule has 94 valence electrons. The highest BCUT2D eigenvalue weighted by Gasteiger charge is 2.31. The minimum absolute atomic E-state index is 0.0175. The Bertz CT molecular complexity index is 215. The van der Waals surface area contributed by atoms with Crippen LogP contribution in [-0.2, 0) is 14.3 Å². The van der Waals surface area contributed by atoms with Gasteiger partial charge in [-0.25, -0.2) is 0 Å². The number of carbonyl (C=O) groups is 1. The van der Waals surface area contributed by atoms with Crippen molar-refractivity contribution in [1.29, 1.82) is 0 Å².